The fourth-order valence-electron chi connectivity index (χ4n) is 3.05. The summed E-state index contributed by atoms with van der Waals surface area (Å²) in [6.45, 7) is 1.77. The van der Waals surface area contributed by atoms with Crippen LogP contribution in [0.15, 0.2) is 54.6 Å². The van der Waals surface area contributed by atoms with E-state index in [-0.39, 0.29) is 11.5 Å². The van der Waals surface area contributed by atoms with Gasteiger partial charge in [0.15, 0.2) is 0 Å². The minimum Gasteiger partial charge on any atom is -0.496 e. The molecule has 7 nitrogen and oxygen atoms in total. The lowest BCUT2D eigenvalue weighted by atomic mass is 9.97. The van der Waals surface area contributed by atoms with Crippen LogP contribution in [0.1, 0.15) is 40.2 Å². The number of carbonyl (C=O) groups excluding carboxylic acids is 1. The van der Waals surface area contributed by atoms with Gasteiger partial charge >= 0.3 is 0 Å². The molecule has 0 bridgehead atoms. The minimum absolute atomic E-state index is 0.0273. The average molecular weight is 417 g/mol. The van der Waals surface area contributed by atoms with Crippen LogP contribution in [0.4, 0.5) is 10.1 Å². The summed E-state index contributed by atoms with van der Waals surface area (Å²) < 4.78 is 43.9. The number of benzene rings is 2. The molecule has 0 saturated heterocycles. The lowest BCUT2D eigenvalue weighted by molar-refractivity contribution is 0.103. The summed E-state index contributed by atoms with van der Waals surface area (Å²) in [6, 6.07) is 14.2. The molecule has 0 aliphatic carbocycles. The maximum atomic E-state index is 14.5. The quantitative estimate of drug-likeness (QED) is 0.512. The Labute approximate surface area is 167 Å². The molecule has 0 spiro atoms. The molecule has 3 aromatic rings. The molecule has 3 rings (SSSR count). The first-order valence-electron chi connectivity index (χ1n) is 8.66. The zero-order valence-electron chi connectivity index (χ0n) is 15.8. The number of nitrogens with one attached hydrogen (secondary N) is 2. The SMILES string of the molecule is COc1ccccc1C(=O)c1ccc(C(C)c2ccc(NS(N)(=O)=O)cc2F)[nH]1. The highest BCUT2D eigenvalue weighted by molar-refractivity contribution is 7.90. The van der Waals surface area contributed by atoms with Crippen molar-refractivity contribution in [1.29, 1.82) is 0 Å². The fourth-order valence-corrected chi connectivity index (χ4v) is 3.50. The Morgan fingerprint density at radius 3 is 2.55 bits per heavy atom. The highest BCUT2D eigenvalue weighted by Crippen LogP contribution is 2.29. The Kier molecular flexibility index (Phi) is 5.71. The minimum atomic E-state index is -3.99. The largest absolute Gasteiger partial charge is 0.496 e. The molecular weight excluding hydrogens is 397 g/mol. The van der Waals surface area contributed by atoms with E-state index in [1.54, 1.807) is 43.3 Å². The number of aromatic amines is 1. The molecule has 29 heavy (non-hydrogen) atoms. The summed E-state index contributed by atoms with van der Waals surface area (Å²) in [5, 5.41) is 4.90. The number of hydrogen-bond donors (Lipinski definition) is 3. The van der Waals surface area contributed by atoms with Gasteiger partial charge in [-0.2, -0.15) is 8.42 Å². The molecule has 9 heteroatoms. The molecule has 2 aromatic carbocycles. The fraction of sp³-hybridized carbons (Fsp3) is 0.150. The van der Waals surface area contributed by atoms with Gasteiger partial charge in [-0.25, -0.2) is 9.53 Å². The number of H-pyrrole nitrogens is 1. The topological polar surface area (TPSA) is 114 Å². The Bertz CT molecular complexity index is 1160. The third kappa shape index (κ3) is 4.64. The number of ether oxygens (including phenoxy) is 1. The van der Waals surface area contributed by atoms with Crippen molar-refractivity contribution in [2.45, 2.75) is 12.8 Å². The van der Waals surface area contributed by atoms with Crippen molar-refractivity contribution in [3.63, 3.8) is 0 Å². The predicted octanol–water partition coefficient (Wildman–Crippen LogP) is 3.16. The smallest absolute Gasteiger partial charge is 0.296 e. The Morgan fingerprint density at radius 1 is 1.17 bits per heavy atom. The van der Waals surface area contributed by atoms with Gasteiger partial charge in [0.2, 0.25) is 5.78 Å². The van der Waals surface area contributed by atoms with Crippen molar-refractivity contribution >= 4 is 21.7 Å². The number of halogens is 1. The second-order valence-corrected chi connectivity index (χ2v) is 7.76. The van der Waals surface area contributed by atoms with Gasteiger partial charge in [0.25, 0.3) is 10.2 Å². The number of carbonyl (C=O) groups is 1. The lowest BCUT2D eigenvalue weighted by Crippen LogP contribution is -2.21. The van der Waals surface area contributed by atoms with E-state index in [0.29, 0.717) is 28.3 Å². The molecule has 0 radical (unpaired) electrons. The second-order valence-electron chi connectivity index (χ2n) is 6.46. The number of nitrogens with two attached hydrogens (primary N) is 1. The van der Waals surface area contributed by atoms with E-state index in [1.807, 2.05) is 4.72 Å². The number of para-hydroxylation sites is 1. The van der Waals surface area contributed by atoms with Gasteiger partial charge in [0, 0.05) is 11.6 Å². The summed E-state index contributed by atoms with van der Waals surface area (Å²) in [7, 11) is -2.50. The van der Waals surface area contributed by atoms with Crippen molar-refractivity contribution in [3.8, 4) is 5.75 Å². The van der Waals surface area contributed by atoms with Gasteiger partial charge in [-0.15, -0.1) is 0 Å². The highest BCUT2D eigenvalue weighted by Gasteiger charge is 2.20. The monoisotopic (exact) mass is 417 g/mol. The average Bonchev–Trinajstić information content (AvgIpc) is 3.16. The number of aromatic nitrogens is 1. The van der Waals surface area contributed by atoms with E-state index < -0.39 is 21.9 Å². The van der Waals surface area contributed by atoms with E-state index in [9.17, 15) is 17.6 Å². The number of methoxy groups -OCH3 is 1. The first-order valence-corrected chi connectivity index (χ1v) is 10.2. The van der Waals surface area contributed by atoms with Gasteiger partial charge in [-0.05, 0) is 42.0 Å². The van der Waals surface area contributed by atoms with E-state index >= 15 is 0 Å². The molecular formula is C20H20FN3O4S. The zero-order chi connectivity index (χ0) is 21.2. The highest BCUT2D eigenvalue weighted by atomic mass is 32.2. The standard InChI is InChI=1S/C20H20FN3O4S/c1-12(14-8-7-13(11-16(14)21)24-29(22,26)27)17-9-10-18(23-17)20(25)15-5-3-4-6-19(15)28-2/h3-12,23-24H,1-2H3,(H2,22,26,27). The summed E-state index contributed by atoms with van der Waals surface area (Å²) in [5.41, 5.74) is 1.77. The van der Waals surface area contributed by atoms with E-state index in [2.05, 4.69) is 4.98 Å². The van der Waals surface area contributed by atoms with Crippen LogP contribution < -0.4 is 14.6 Å². The first-order chi connectivity index (χ1) is 13.7. The van der Waals surface area contributed by atoms with Crippen LogP contribution in [0, 0.1) is 5.82 Å². The molecule has 4 N–H and O–H groups in total. The number of anilines is 1. The van der Waals surface area contributed by atoms with Crippen LogP contribution in [0.3, 0.4) is 0 Å². The van der Waals surface area contributed by atoms with Crippen LogP contribution in [0.25, 0.3) is 0 Å². The molecule has 0 amide bonds. The van der Waals surface area contributed by atoms with Crippen molar-refractivity contribution < 1.29 is 22.3 Å². The molecule has 0 saturated carbocycles. The van der Waals surface area contributed by atoms with Crippen LogP contribution in [-0.4, -0.2) is 26.3 Å². The van der Waals surface area contributed by atoms with Gasteiger partial charge in [0.05, 0.1) is 24.1 Å². The lowest BCUT2D eigenvalue weighted by Gasteiger charge is -2.13. The van der Waals surface area contributed by atoms with Gasteiger partial charge < -0.3 is 9.72 Å². The second kappa shape index (κ2) is 8.06. The zero-order valence-corrected chi connectivity index (χ0v) is 16.6. The Balaban J connectivity index is 1.86. The molecule has 1 aromatic heterocycles. The van der Waals surface area contributed by atoms with E-state index in [0.717, 1.165) is 6.07 Å². The van der Waals surface area contributed by atoms with Crippen LogP contribution in [-0.2, 0) is 10.2 Å². The van der Waals surface area contributed by atoms with Crippen LogP contribution >= 0.6 is 0 Å². The van der Waals surface area contributed by atoms with Crippen molar-refractivity contribution in [2.24, 2.45) is 5.14 Å². The van der Waals surface area contributed by atoms with Crippen LogP contribution in [0.5, 0.6) is 5.75 Å². The summed E-state index contributed by atoms with van der Waals surface area (Å²) in [5.74, 6) is -0.782. The number of rotatable bonds is 7. The number of hydrogen-bond acceptors (Lipinski definition) is 4. The maximum absolute atomic E-state index is 14.5. The predicted molar refractivity (Wildman–Crippen MR) is 108 cm³/mol. The Hall–Kier alpha value is -3.17. The van der Waals surface area contributed by atoms with Crippen LogP contribution in [0.2, 0.25) is 0 Å². The van der Waals surface area contributed by atoms with Gasteiger partial charge in [-0.1, -0.05) is 25.1 Å². The molecule has 1 heterocycles. The molecule has 0 fully saturated rings. The van der Waals surface area contributed by atoms with Crippen molar-refractivity contribution in [1.82, 2.24) is 4.98 Å². The summed E-state index contributed by atoms with van der Waals surface area (Å²) >= 11 is 0. The molecule has 0 aliphatic rings. The third-order valence-corrected chi connectivity index (χ3v) is 5.02. The van der Waals surface area contributed by atoms with Crippen molar-refractivity contribution in [2.75, 3.05) is 11.8 Å². The van der Waals surface area contributed by atoms with E-state index in [1.165, 1.54) is 19.2 Å². The molecule has 1 atom stereocenters. The van der Waals surface area contributed by atoms with Crippen molar-refractivity contribution in [3.05, 3.63) is 82.9 Å². The third-order valence-electron chi connectivity index (χ3n) is 4.50. The molecule has 0 aliphatic heterocycles. The number of ketones is 1. The molecule has 152 valence electrons. The van der Waals surface area contributed by atoms with Gasteiger partial charge in [-0.3, -0.25) is 9.52 Å². The first kappa shape index (κ1) is 20.6. The van der Waals surface area contributed by atoms with E-state index in [4.69, 9.17) is 9.88 Å². The Morgan fingerprint density at radius 2 is 1.90 bits per heavy atom. The molecule has 1 unspecified atom stereocenters. The van der Waals surface area contributed by atoms with Gasteiger partial charge in [0.1, 0.15) is 11.6 Å². The summed E-state index contributed by atoms with van der Waals surface area (Å²) in [4.78, 5) is 15.8. The maximum Gasteiger partial charge on any atom is 0.296 e. The summed E-state index contributed by atoms with van der Waals surface area (Å²) in [6.07, 6.45) is 0. The normalized spacial score (nSPS) is 12.4.